The van der Waals surface area contributed by atoms with Gasteiger partial charge in [-0.2, -0.15) is 0 Å². The molecule has 1 aromatic carbocycles. The molecular weight excluding hydrogens is 179 g/mol. The van der Waals surface area contributed by atoms with Gasteiger partial charge in [0.05, 0.1) is 12.2 Å². The zero-order valence-electron chi connectivity index (χ0n) is 8.36. The van der Waals surface area contributed by atoms with Crippen molar-refractivity contribution in [1.82, 2.24) is 0 Å². The molecule has 0 aromatic heterocycles. The number of phenols is 1. The van der Waals surface area contributed by atoms with Gasteiger partial charge in [-0.25, -0.2) is 0 Å². The summed E-state index contributed by atoms with van der Waals surface area (Å²) in [6.45, 7) is 4.58. The van der Waals surface area contributed by atoms with Crippen molar-refractivity contribution in [2.24, 2.45) is 0 Å². The molecule has 0 saturated carbocycles. The highest BCUT2D eigenvalue weighted by atomic mass is 16.7. The molecule has 1 N–H and O–H groups in total. The van der Waals surface area contributed by atoms with Gasteiger partial charge in [0.2, 0.25) is 0 Å². The molecule has 0 amide bonds. The van der Waals surface area contributed by atoms with Crippen molar-refractivity contribution in [3.8, 4) is 5.75 Å². The summed E-state index contributed by atoms with van der Waals surface area (Å²) >= 11 is 0. The van der Waals surface area contributed by atoms with E-state index in [4.69, 9.17) is 14.4 Å². The Labute approximate surface area is 83.8 Å². The lowest BCUT2D eigenvalue weighted by atomic mass is 9.79. The molecule has 1 aliphatic rings. The van der Waals surface area contributed by atoms with E-state index in [0.29, 0.717) is 6.61 Å². The molecule has 0 spiro atoms. The van der Waals surface area contributed by atoms with Crippen molar-refractivity contribution in [3.05, 3.63) is 24.3 Å². The van der Waals surface area contributed by atoms with E-state index in [1.54, 1.807) is 24.3 Å². The Bertz CT molecular complexity index is 321. The molecule has 1 aromatic rings. The number of benzene rings is 1. The van der Waals surface area contributed by atoms with Crippen molar-refractivity contribution in [1.29, 1.82) is 0 Å². The van der Waals surface area contributed by atoms with Crippen LogP contribution in [0.15, 0.2) is 24.3 Å². The lowest BCUT2D eigenvalue weighted by Crippen LogP contribution is -2.34. The largest absolute Gasteiger partial charge is 0.508 e. The lowest BCUT2D eigenvalue weighted by molar-refractivity contribution is 0.137. The van der Waals surface area contributed by atoms with Gasteiger partial charge in [0.25, 0.3) is 0 Å². The third-order valence-corrected chi connectivity index (χ3v) is 2.17. The number of phenolic OH excluding ortho intramolecular Hbond substituents is 1. The maximum absolute atomic E-state index is 9.12. The van der Waals surface area contributed by atoms with Crippen molar-refractivity contribution in [2.45, 2.75) is 19.4 Å². The Morgan fingerprint density at radius 2 is 1.93 bits per heavy atom. The molecule has 14 heavy (non-hydrogen) atoms. The Hall–Kier alpha value is -0.995. The maximum atomic E-state index is 9.12. The minimum absolute atomic E-state index is 0.220. The maximum Gasteiger partial charge on any atom is 0.494 e. The molecule has 1 fully saturated rings. The average Bonchev–Trinajstić information content (AvgIpc) is 2.47. The van der Waals surface area contributed by atoms with Crippen LogP contribution in [0.4, 0.5) is 0 Å². The fraction of sp³-hybridized carbons (Fsp3) is 0.400. The SMILES string of the molecule is CC1(C)COB(c2ccc(O)cc2)O1. The summed E-state index contributed by atoms with van der Waals surface area (Å²) < 4.78 is 11.2. The Balaban J connectivity index is 2.14. The van der Waals surface area contributed by atoms with E-state index in [9.17, 15) is 0 Å². The molecule has 0 unspecified atom stereocenters. The second kappa shape index (κ2) is 3.30. The van der Waals surface area contributed by atoms with Crippen LogP contribution in [0.3, 0.4) is 0 Å². The first-order chi connectivity index (χ1) is 6.57. The molecule has 1 heterocycles. The fourth-order valence-corrected chi connectivity index (χ4v) is 1.43. The van der Waals surface area contributed by atoms with Crippen LogP contribution in [0.25, 0.3) is 0 Å². The van der Waals surface area contributed by atoms with E-state index in [1.807, 2.05) is 13.8 Å². The van der Waals surface area contributed by atoms with Crippen molar-refractivity contribution in [2.75, 3.05) is 6.61 Å². The van der Waals surface area contributed by atoms with Gasteiger partial charge in [0.15, 0.2) is 0 Å². The van der Waals surface area contributed by atoms with Gasteiger partial charge in [-0.05, 0) is 31.4 Å². The van der Waals surface area contributed by atoms with E-state index in [0.717, 1.165) is 5.46 Å². The van der Waals surface area contributed by atoms with Crippen LogP contribution in [-0.4, -0.2) is 24.4 Å². The summed E-state index contributed by atoms with van der Waals surface area (Å²) in [5, 5.41) is 9.12. The van der Waals surface area contributed by atoms with E-state index in [2.05, 4.69) is 0 Å². The van der Waals surface area contributed by atoms with Gasteiger partial charge in [0.1, 0.15) is 5.75 Å². The molecule has 0 bridgehead atoms. The summed E-state index contributed by atoms with van der Waals surface area (Å²) in [5.74, 6) is 0.256. The highest BCUT2D eigenvalue weighted by Gasteiger charge is 2.37. The smallest absolute Gasteiger partial charge is 0.494 e. The topological polar surface area (TPSA) is 38.7 Å². The van der Waals surface area contributed by atoms with Crippen LogP contribution in [0.5, 0.6) is 5.75 Å². The minimum atomic E-state index is -0.300. The van der Waals surface area contributed by atoms with Gasteiger partial charge < -0.3 is 14.4 Å². The Kier molecular flexibility index (Phi) is 2.25. The summed E-state index contributed by atoms with van der Waals surface area (Å²) in [4.78, 5) is 0. The molecular formula is C10H13BO3. The van der Waals surface area contributed by atoms with Gasteiger partial charge in [-0.15, -0.1) is 0 Å². The number of rotatable bonds is 1. The Morgan fingerprint density at radius 3 is 2.43 bits per heavy atom. The highest BCUT2D eigenvalue weighted by Crippen LogP contribution is 2.19. The van der Waals surface area contributed by atoms with Crippen LogP contribution in [0.2, 0.25) is 0 Å². The normalized spacial score (nSPS) is 20.0. The van der Waals surface area contributed by atoms with E-state index >= 15 is 0 Å². The first-order valence-corrected chi connectivity index (χ1v) is 4.65. The number of aromatic hydroxyl groups is 1. The summed E-state index contributed by atoms with van der Waals surface area (Å²) in [6.07, 6.45) is 0. The molecule has 0 atom stereocenters. The van der Waals surface area contributed by atoms with Crippen molar-refractivity contribution >= 4 is 12.6 Å². The van der Waals surface area contributed by atoms with Crippen LogP contribution in [0.1, 0.15) is 13.8 Å². The van der Waals surface area contributed by atoms with Crippen LogP contribution >= 0.6 is 0 Å². The van der Waals surface area contributed by atoms with E-state index < -0.39 is 0 Å². The summed E-state index contributed by atoms with van der Waals surface area (Å²) in [6, 6.07) is 6.88. The molecule has 0 aliphatic carbocycles. The van der Waals surface area contributed by atoms with Gasteiger partial charge in [-0.3, -0.25) is 0 Å². The van der Waals surface area contributed by atoms with Crippen molar-refractivity contribution < 1.29 is 14.4 Å². The van der Waals surface area contributed by atoms with Gasteiger partial charge >= 0.3 is 7.12 Å². The lowest BCUT2D eigenvalue weighted by Gasteiger charge is -2.15. The van der Waals surface area contributed by atoms with Gasteiger partial charge in [-0.1, -0.05) is 12.1 Å². The van der Waals surface area contributed by atoms with Crippen molar-refractivity contribution in [3.63, 3.8) is 0 Å². The summed E-state index contributed by atoms with van der Waals surface area (Å²) in [7, 11) is -0.300. The first kappa shape index (κ1) is 9.56. The second-order valence-electron chi connectivity index (χ2n) is 4.11. The van der Waals surface area contributed by atoms with Crippen LogP contribution < -0.4 is 5.46 Å². The van der Waals surface area contributed by atoms with E-state index in [-0.39, 0.29) is 18.5 Å². The van der Waals surface area contributed by atoms with E-state index in [1.165, 1.54) is 0 Å². The predicted molar refractivity (Wildman–Crippen MR) is 54.6 cm³/mol. The predicted octanol–water partition coefficient (Wildman–Crippen LogP) is 0.913. The monoisotopic (exact) mass is 192 g/mol. The zero-order valence-corrected chi connectivity index (χ0v) is 8.36. The van der Waals surface area contributed by atoms with Crippen LogP contribution in [-0.2, 0) is 9.31 Å². The summed E-state index contributed by atoms with van der Waals surface area (Å²) in [5.41, 5.74) is 0.719. The average molecular weight is 192 g/mol. The third-order valence-electron chi connectivity index (χ3n) is 2.17. The number of hydrogen-bond acceptors (Lipinski definition) is 3. The molecule has 1 aliphatic heterocycles. The molecule has 2 rings (SSSR count). The third kappa shape index (κ3) is 1.91. The second-order valence-corrected chi connectivity index (χ2v) is 4.11. The van der Waals surface area contributed by atoms with Gasteiger partial charge in [0, 0.05) is 0 Å². The fourth-order valence-electron chi connectivity index (χ4n) is 1.43. The van der Waals surface area contributed by atoms with Crippen LogP contribution in [0, 0.1) is 0 Å². The standard InChI is InChI=1S/C10H13BO3/c1-10(2)7-13-11(14-10)8-3-5-9(12)6-4-8/h3-6,12H,7H2,1-2H3. The molecule has 4 heteroatoms. The molecule has 3 nitrogen and oxygen atoms in total. The highest BCUT2D eigenvalue weighted by molar-refractivity contribution is 6.61. The minimum Gasteiger partial charge on any atom is -0.508 e. The molecule has 1 saturated heterocycles. The number of hydrogen-bond donors (Lipinski definition) is 1. The molecule has 74 valence electrons. The zero-order chi connectivity index (χ0) is 10.2. The Morgan fingerprint density at radius 1 is 1.29 bits per heavy atom. The first-order valence-electron chi connectivity index (χ1n) is 4.65. The molecule has 0 radical (unpaired) electrons. The quantitative estimate of drug-likeness (QED) is 0.672.